The van der Waals surface area contributed by atoms with E-state index in [-0.39, 0.29) is 5.54 Å². The van der Waals surface area contributed by atoms with E-state index in [1.54, 1.807) is 14.2 Å². The second kappa shape index (κ2) is 4.39. The third-order valence-electron chi connectivity index (χ3n) is 3.62. The molecule has 1 aromatic rings. The first-order valence-electron chi connectivity index (χ1n) is 5.77. The van der Waals surface area contributed by atoms with Crippen LogP contribution < -0.4 is 15.2 Å². The van der Waals surface area contributed by atoms with Crippen LogP contribution in [0.5, 0.6) is 11.5 Å². The molecule has 94 valence electrons. The van der Waals surface area contributed by atoms with E-state index in [0.717, 1.165) is 18.4 Å². The van der Waals surface area contributed by atoms with Crippen LogP contribution in [-0.2, 0) is 5.54 Å². The molecule has 2 rings (SSSR count). The molecule has 0 bridgehead atoms. The topological polar surface area (TPSA) is 44.5 Å². The van der Waals surface area contributed by atoms with Crippen LogP contribution in [0.15, 0.2) is 12.1 Å². The van der Waals surface area contributed by atoms with E-state index in [0.29, 0.717) is 22.4 Å². The van der Waals surface area contributed by atoms with Crippen molar-refractivity contribution in [2.24, 2.45) is 11.7 Å². The van der Waals surface area contributed by atoms with Crippen molar-refractivity contribution >= 4 is 11.6 Å². The minimum atomic E-state index is -0.238. The predicted molar refractivity (Wildman–Crippen MR) is 68.8 cm³/mol. The highest BCUT2D eigenvalue weighted by Gasteiger charge is 2.51. The van der Waals surface area contributed by atoms with Gasteiger partial charge in [0, 0.05) is 5.54 Å². The van der Waals surface area contributed by atoms with E-state index in [1.807, 2.05) is 12.1 Å². The normalized spacial score (nSPS) is 26.8. The summed E-state index contributed by atoms with van der Waals surface area (Å²) in [6.45, 7) is 2.15. The van der Waals surface area contributed by atoms with E-state index in [9.17, 15) is 0 Å². The van der Waals surface area contributed by atoms with Gasteiger partial charge in [0.05, 0.1) is 19.2 Å². The third kappa shape index (κ3) is 1.98. The Morgan fingerprint density at radius 1 is 1.41 bits per heavy atom. The summed E-state index contributed by atoms with van der Waals surface area (Å²) in [7, 11) is 3.18. The Balaban J connectivity index is 2.41. The van der Waals surface area contributed by atoms with Gasteiger partial charge in [0.15, 0.2) is 11.5 Å². The van der Waals surface area contributed by atoms with Crippen molar-refractivity contribution in [3.63, 3.8) is 0 Å². The summed E-state index contributed by atoms with van der Waals surface area (Å²) in [5.41, 5.74) is 7.15. The molecule has 1 saturated carbocycles. The van der Waals surface area contributed by atoms with Crippen LogP contribution in [0.3, 0.4) is 0 Å². The van der Waals surface area contributed by atoms with Crippen molar-refractivity contribution in [1.29, 1.82) is 0 Å². The summed E-state index contributed by atoms with van der Waals surface area (Å²) >= 11 is 6.18. The molecule has 1 fully saturated rings. The molecular formula is C13H18ClNO2. The van der Waals surface area contributed by atoms with Gasteiger partial charge in [0.2, 0.25) is 0 Å². The number of hydrogen-bond acceptors (Lipinski definition) is 3. The molecule has 0 heterocycles. The Morgan fingerprint density at radius 3 is 2.59 bits per heavy atom. The lowest BCUT2D eigenvalue weighted by atomic mass is 10.0. The number of nitrogens with two attached hydrogens (primary N) is 1. The van der Waals surface area contributed by atoms with Gasteiger partial charge in [0.1, 0.15) is 0 Å². The van der Waals surface area contributed by atoms with Crippen LogP contribution in [0.25, 0.3) is 0 Å². The van der Waals surface area contributed by atoms with Crippen molar-refractivity contribution in [2.45, 2.75) is 25.3 Å². The molecule has 2 atom stereocenters. The molecule has 1 aliphatic rings. The minimum Gasteiger partial charge on any atom is -0.493 e. The number of methoxy groups -OCH3 is 2. The fourth-order valence-electron chi connectivity index (χ4n) is 2.40. The van der Waals surface area contributed by atoms with E-state index in [1.165, 1.54) is 0 Å². The van der Waals surface area contributed by atoms with Gasteiger partial charge in [-0.3, -0.25) is 0 Å². The minimum absolute atomic E-state index is 0.238. The highest BCUT2D eigenvalue weighted by atomic mass is 35.5. The molecule has 0 aliphatic heterocycles. The quantitative estimate of drug-likeness (QED) is 0.900. The second-order valence-corrected chi connectivity index (χ2v) is 4.95. The molecule has 2 N–H and O–H groups in total. The van der Waals surface area contributed by atoms with Gasteiger partial charge < -0.3 is 15.2 Å². The molecule has 4 heteroatoms. The van der Waals surface area contributed by atoms with Crippen LogP contribution >= 0.6 is 11.6 Å². The van der Waals surface area contributed by atoms with Crippen LogP contribution in [0.1, 0.15) is 25.3 Å². The Morgan fingerprint density at radius 2 is 2.12 bits per heavy atom. The fourth-order valence-corrected chi connectivity index (χ4v) is 2.69. The molecule has 3 nitrogen and oxygen atoms in total. The maximum Gasteiger partial charge on any atom is 0.179 e. The second-order valence-electron chi connectivity index (χ2n) is 4.54. The number of benzene rings is 1. The predicted octanol–water partition coefficient (Wildman–Crippen LogP) is 2.94. The Labute approximate surface area is 107 Å². The summed E-state index contributed by atoms with van der Waals surface area (Å²) in [4.78, 5) is 0. The zero-order chi connectivity index (χ0) is 12.6. The van der Waals surface area contributed by atoms with Crippen LogP contribution in [0.4, 0.5) is 0 Å². The van der Waals surface area contributed by atoms with E-state index in [4.69, 9.17) is 26.8 Å². The Kier molecular flexibility index (Phi) is 3.23. The lowest BCUT2D eigenvalue weighted by molar-refractivity contribution is 0.354. The zero-order valence-electron chi connectivity index (χ0n) is 10.4. The lowest BCUT2D eigenvalue weighted by Gasteiger charge is -2.16. The fraction of sp³-hybridized carbons (Fsp3) is 0.538. The first-order chi connectivity index (χ1) is 8.06. The van der Waals surface area contributed by atoms with Crippen LogP contribution in [0, 0.1) is 5.92 Å². The summed E-state index contributed by atoms with van der Waals surface area (Å²) in [6.07, 6.45) is 2.10. The summed E-state index contributed by atoms with van der Waals surface area (Å²) in [5.74, 6) is 1.74. The molecule has 2 unspecified atom stereocenters. The monoisotopic (exact) mass is 255 g/mol. The smallest absolute Gasteiger partial charge is 0.179 e. The molecule has 0 radical (unpaired) electrons. The molecule has 0 saturated heterocycles. The van der Waals surface area contributed by atoms with Gasteiger partial charge >= 0.3 is 0 Å². The summed E-state index contributed by atoms with van der Waals surface area (Å²) < 4.78 is 10.5. The lowest BCUT2D eigenvalue weighted by Crippen LogP contribution is -2.22. The molecule has 1 aromatic carbocycles. The highest BCUT2D eigenvalue weighted by molar-refractivity contribution is 6.32. The summed E-state index contributed by atoms with van der Waals surface area (Å²) in [6, 6.07) is 3.82. The van der Waals surface area contributed by atoms with Gasteiger partial charge in [-0.15, -0.1) is 0 Å². The van der Waals surface area contributed by atoms with Crippen molar-refractivity contribution in [1.82, 2.24) is 0 Å². The maximum absolute atomic E-state index is 6.35. The molecule has 17 heavy (non-hydrogen) atoms. The Bertz CT molecular complexity index is 436. The first kappa shape index (κ1) is 12.5. The molecule has 1 aliphatic carbocycles. The van der Waals surface area contributed by atoms with Crippen molar-refractivity contribution < 1.29 is 9.47 Å². The SMILES string of the molecule is CCC1CC1(N)c1cc(Cl)c(OC)c(OC)c1. The molecular weight excluding hydrogens is 238 g/mol. The van der Waals surface area contributed by atoms with Crippen molar-refractivity contribution in [3.05, 3.63) is 22.7 Å². The largest absolute Gasteiger partial charge is 0.493 e. The van der Waals surface area contributed by atoms with Crippen LogP contribution in [0.2, 0.25) is 5.02 Å². The first-order valence-corrected chi connectivity index (χ1v) is 6.15. The Hall–Kier alpha value is -0.930. The standard InChI is InChI=1S/C13H18ClNO2/c1-4-8-7-13(8,15)9-5-10(14)12(17-3)11(6-9)16-2/h5-6,8H,4,7,15H2,1-3H3. The molecule has 0 spiro atoms. The van der Waals surface area contributed by atoms with Gasteiger partial charge in [-0.05, 0) is 30.0 Å². The van der Waals surface area contributed by atoms with Crippen LogP contribution in [-0.4, -0.2) is 14.2 Å². The molecule has 0 aromatic heterocycles. The van der Waals surface area contributed by atoms with E-state index in [2.05, 4.69) is 6.92 Å². The number of rotatable bonds is 4. The summed E-state index contributed by atoms with van der Waals surface area (Å²) in [5, 5.41) is 0.549. The number of ether oxygens (including phenoxy) is 2. The zero-order valence-corrected chi connectivity index (χ0v) is 11.2. The van der Waals surface area contributed by atoms with Crippen molar-refractivity contribution in [2.75, 3.05) is 14.2 Å². The van der Waals surface area contributed by atoms with Gasteiger partial charge in [-0.2, -0.15) is 0 Å². The number of halogens is 1. The number of hydrogen-bond donors (Lipinski definition) is 1. The molecule has 0 amide bonds. The maximum atomic E-state index is 6.35. The van der Waals surface area contributed by atoms with Crippen molar-refractivity contribution in [3.8, 4) is 11.5 Å². The van der Waals surface area contributed by atoms with E-state index >= 15 is 0 Å². The average molecular weight is 256 g/mol. The average Bonchev–Trinajstić information content (AvgIpc) is 3.01. The van der Waals surface area contributed by atoms with E-state index < -0.39 is 0 Å². The highest BCUT2D eigenvalue weighted by Crippen LogP contribution is 2.53. The van der Waals surface area contributed by atoms with Gasteiger partial charge in [-0.25, -0.2) is 0 Å². The third-order valence-corrected chi connectivity index (χ3v) is 3.90. The van der Waals surface area contributed by atoms with Gasteiger partial charge in [-0.1, -0.05) is 24.9 Å². The van der Waals surface area contributed by atoms with Gasteiger partial charge in [0.25, 0.3) is 0 Å².